The lowest BCUT2D eigenvalue weighted by Gasteiger charge is -2.26. The number of hydrogen-bond donors (Lipinski definition) is 2. The van der Waals surface area contributed by atoms with Crippen LogP contribution in [0.4, 0.5) is 0 Å². The first kappa shape index (κ1) is 14.5. The quantitative estimate of drug-likeness (QED) is 0.829. The number of nitrogens with zero attached hydrogens (tertiary/aromatic N) is 2. The van der Waals surface area contributed by atoms with Gasteiger partial charge in [-0.15, -0.1) is 4.40 Å². The summed E-state index contributed by atoms with van der Waals surface area (Å²) in [6.45, 7) is 1.98. The van der Waals surface area contributed by atoms with Crippen LogP contribution < -0.4 is 5.32 Å². The normalized spacial score (nSPS) is 22.9. The fourth-order valence-electron chi connectivity index (χ4n) is 2.90. The molecule has 3 rings (SSSR count). The van der Waals surface area contributed by atoms with E-state index in [9.17, 15) is 13.5 Å². The van der Waals surface area contributed by atoms with E-state index >= 15 is 0 Å². The fourth-order valence-corrected chi connectivity index (χ4v) is 4.13. The van der Waals surface area contributed by atoms with Gasteiger partial charge >= 0.3 is 0 Å². The van der Waals surface area contributed by atoms with E-state index in [0.29, 0.717) is 30.5 Å². The van der Waals surface area contributed by atoms with E-state index in [0.717, 1.165) is 19.4 Å². The van der Waals surface area contributed by atoms with Gasteiger partial charge < -0.3 is 15.3 Å². The van der Waals surface area contributed by atoms with Gasteiger partial charge in [0.1, 0.15) is 4.90 Å². The number of benzene rings is 1. The molecule has 1 atom stereocenters. The Hall–Kier alpha value is -1.44. The molecule has 6 nitrogen and oxygen atoms in total. The average Bonchev–Trinajstić information content (AvgIpc) is 3.06. The molecule has 1 fully saturated rings. The van der Waals surface area contributed by atoms with Crippen molar-refractivity contribution < 1.29 is 13.5 Å². The highest BCUT2D eigenvalue weighted by Gasteiger charge is 2.32. The van der Waals surface area contributed by atoms with Crippen molar-refractivity contribution in [1.29, 1.82) is 0 Å². The van der Waals surface area contributed by atoms with E-state index in [1.54, 1.807) is 24.3 Å². The summed E-state index contributed by atoms with van der Waals surface area (Å²) in [4.78, 5) is 2.12. The van der Waals surface area contributed by atoms with Crippen molar-refractivity contribution in [3.63, 3.8) is 0 Å². The number of sulfonamides is 1. The second-order valence-corrected chi connectivity index (χ2v) is 6.92. The van der Waals surface area contributed by atoms with Crippen molar-refractivity contribution in [2.45, 2.75) is 23.8 Å². The standard InChI is InChI=1S/C14H19N3O3S/c18-9-8-17(10-11-4-3-7-15-11)14-12-5-1-2-6-13(12)21(19,20)16-14/h1-2,5-6,11,15,18H,3-4,7-10H2. The molecule has 1 aromatic carbocycles. The number of aliphatic hydroxyl groups excluding tert-OH is 1. The van der Waals surface area contributed by atoms with Gasteiger partial charge in [-0.1, -0.05) is 12.1 Å². The lowest BCUT2D eigenvalue weighted by Crippen LogP contribution is -2.42. The number of aliphatic hydroxyl groups is 1. The smallest absolute Gasteiger partial charge is 0.285 e. The number of nitrogens with one attached hydrogen (secondary N) is 1. The highest BCUT2D eigenvalue weighted by Crippen LogP contribution is 2.27. The zero-order chi connectivity index (χ0) is 14.9. The molecule has 114 valence electrons. The molecule has 2 aliphatic heterocycles. The maximum atomic E-state index is 12.1. The lowest BCUT2D eigenvalue weighted by atomic mass is 10.1. The summed E-state index contributed by atoms with van der Waals surface area (Å²) in [6, 6.07) is 7.16. The SMILES string of the molecule is O=S1(=O)N=C(N(CCO)CC2CCCN2)c2ccccc21. The Kier molecular flexibility index (Phi) is 3.97. The molecule has 2 heterocycles. The third-order valence-electron chi connectivity index (χ3n) is 3.89. The maximum Gasteiger partial charge on any atom is 0.285 e. The Morgan fingerprint density at radius 1 is 1.38 bits per heavy atom. The first-order valence-corrected chi connectivity index (χ1v) is 8.59. The largest absolute Gasteiger partial charge is 0.395 e. The molecule has 1 unspecified atom stereocenters. The molecule has 0 radical (unpaired) electrons. The second-order valence-electron chi connectivity index (χ2n) is 5.35. The first-order chi connectivity index (χ1) is 10.1. The van der Waals surface area contributed by atoms with Crippen LogP contribution in [0.5, 0.6) is 0 Å². The molecule has 2 aliphatic rings. The molecular weight excluding hydrogens is 290 g/mol. The Morgan fingerprint density at radius 2 is 2.19 bits per heavy atom. The molecule has 1 aromatic rings. The summed E-state index contributed by atoms with van der Waals surface area (Å²) >= 11 is 0. The van der Waals surface area contributed by atoms with Crippen LogP contribution in [0.25, 0.3) is 0 Å². The van der Waals surface area contributed by atoms with Crippen LogP contribution in [0.2, 0.25) is 0 Å². The van der Waals surface area contributed by atoms with Gasteiger partial charge in [-0.2, -0.15) is 8.42 Å². The topological polar surface area (TPSA) is 82.0 Å². The number of amidine groups is 1. The van der Waals surface area contributed by atoms with Gasteiger partial charge in [0.2, 0.25) is 0 Å². The van der Waals surface area contributed by atoms with Crippen LogP contribution in [-0.4, -0.2) is 56.5 Å². The summed E-state index contributed by atoms with van der Waals surface area (Å²) in [5, 5.41) is 12.7. The van der Waals surface area contributed by atoms with Crippen LogP contribution in [0.15, 0.2) is 33.6 Å². The van der Waals surface area contributed by atoms with Crippen molar-refractivity contribution >= 4 is 15.9 Å². The molecule has 0 saturated carbocycles. The van der Waals surface area contributed by atoms with Gasteiger partial charge in [-0.25, -0.2) is 0 Å². The van der Waals surface area contributed by atoms with Gasteiger partial charge in [-0.05, 0) is 31.5 Å². The minimum Gasteiger partial charge on any atom is -0.395 e. The minimum atomic E-state index is -3.61. The minimum absolute atomic E-state index is 0.0338. The van der Waals surface area contributed by atoms with Gasteiger partial charge in [0, 0.05) is 24.7 Å². The van der Waals surface area contributed by atoms with Crippen LogP contribution in [0, 0.1) is 0 Å². The predicted octanol–water partition coefficient (Wildman–Crippen LogP) is 0.182. The fraction of sp³-hybridized carbons (Fsp3) is 0.500. The number of rotatable bonds is 4. The molecule has 21 heavy (non-hydrogen) atoms. The summed E-state index contributed by atoms with van der Waals surface area (Å²) in [5.41, 5.74) is 0.629. The van der Waals surface area contributed by atoms with E-state index in [-0.39, 0.29) is 11.5 Å². The first-order valence-electron chi connectivity index (χ1n) is 7.15. The molecule has 0 bridgehead atoms. The molecular formula is C14H19N3O3S. The van der Waals surface area contributed by atoms with Crippen LogP contribution in [0.3, 0.4) is 0 Å². The maximum absolute atomic E-state index is 12.1. The van der Waals surface area contributed by atoms with E-state index < -0.39 is 10.0 Å². The van der Waals surface area contributed by atoms with Crippen LogP contribution in [0.1, 0.15) is 18.4 Å². The zero-order valence-electron chi connectivity index (χ0n) is 11.7. The van der Waals surface area contributed by atoms with Gasteiger partial charge in [0.25, 0.3) is 10.0 Å². The van der Waals surface area contributed by atoms with Crippen molar-refractivity contribution in [1.82, 2.24) is 10.2 Å². The molecule has 0 amide bonds. The van der Waals surface area contributed by atoms with Crippen LogP contribution >= 0.6 is 0 Å². The van der Waals surface area contributed by atoms with E-state index in [1.165, 1.54) is 0 Å². The third kappa shape index (κ3) is 2.81. The highest BCUT2D eigenvalue weighted by atomic mass is 32.2. The van der Waals surface area contributed by atoms with Crippen molar-refractivity contribution in [3.05, 3.63) is 29.8 Å². The summed E-state index contributed by atoms with van der Waals surface area (Å²) in [6.07, 6.45) is 2.18. The van der Waals surface area contributed by atoms with Gasteiger partial charge in [-0.3, -0.25) is 0 Å². The lowest BCUT2D eigenvalue weighted by molar-refractivity contribution is 0.242. The Balaban J connectivity index is 1.92. The average molecular weight is 309 g/mol. The monoisotopic (exact) mass is 309 g/mol. The zero-order valence-corrected chi connectivity index (χ0v) is 12.5. The summed E-state index contributed by atoms with van der Waals surface area (Å²) < 4.78 is 28.2. The third-order valence-corrected chi connectivity index (χ3v) is 5.21. The Bertz CT molecular complexity index is 651. The molecule has 7 heteroatoms. The highest BCUT2D eigenvalue weighted by molar-refractivity contribution is 7.90. The van der Waals surface area contributed by atoms with Crippen molar-refractivity contribution in [2.75, 3.05) is 26.2 Å². The number of hydrogen-bond acceptors (Lipinski definition) is 5. The Labute approximate surface area is 124 Å². The second kappa shape index (κ2) is 5.75. The van der Waals surface area contributed by atoms with Gasteiger partial charge in [0.15, 0.2) is 5.84 Å². The van der Waals surface area contributed by atoms with Crippen molar-refractivity contribution in [3.8, 4) is 0 Å². The van der Waals surface area contributed by atoms with E-state index in [4.69, 9.17) is 0 Å². The van der Waals surface area contributed by atoms with E-state index in [2.05, 4.69) is 9.71 Å². The van der Waals surface area contributed by atoms with E-state index in [1.807, 2.05) is 4.90 Å². The number of fused-ring (bicyclic) bond motifs is 1. The molecule has 2 N–H and O–H groups in total. The summed E-state index contributed by atoms with van der Waals surface area (Å²) in [7, 11) is -3.61. The van der Waals surface area contributed by atoms with Crippen molar-refractivity contribution in [2.24, 2.45) is 4.40 Å². The summed E-state index contributed by atoms with van der Waals surface area (Å²) in [5.74, 6) is 0.452. The molecule has 0 aromatic heterocycles. The molecule has 0 aliphatic carbocycles. The molecule has 0 spiro atoms. The Morgan fingerprint density at radius 3 is 2.90 bits per heavy atom. The predicted molar refractivity (Wildman–Crippen MR) is 79.8 cm³/mol. The molecule has 1 saturated heterocycles. The van der Waals surface area contributed by atoms with Gasteiger partial charge in [0.05, 0.1) is 6.61 Å². The van der Waals surface area contributed by atoms with Crippen LogP contribution in [-0.2, 0) is 10.0 Å².